The normalized spacial score (nSPS) is 24.2. The molecule has 0 saturated carbocycles. The van der Waals surface area contributed by atoms with Crippen molar-refractivity contribution in [1.82, 2.24) is 10.3 Å². The number of pyridine rings is 1. The number of aryl methyl sites for hydroxylation is 1. The molecule has 0 aliphatic carbocycles. The van der Waals surface area contributed by atoms with E-state index in [0.717, 1.165) is 37.1 Å². The fourth-order valence-corrected chi connectivity index (χ4v) is 2.36. The molecule has 1 fully saturated rings. The molecule has 1 aromatic heterocycles. The first-order valence-corrected chi connectivity index (χ1v) is 6.65. The number of ether oxygens (including phenoxy) is 1. The standard InChI is InChI=1S/C14H21FN2O/c1-3-11-7-17-8-12(18-11)4-5-13-10(2)6-16-9-14(13)15/h6,9,11-12,17H,3-5,7-8H2,1-2H3/t11-,12-/m1/s1. The number of hydrogen-bond acceptors (Lipinski definition) is 3. The van der Waals surface area contributed by atoms with Crippen LogP contribution in [0, 0.1) is 12.7 Å². The summed E-state index contributed by atoms with van der Waals surface area (Å²) >= 11 is 0. The van der Waals surface area contributed by atoms with Crippen LogP contribution in [0.15, 0.2) is 12.4 Å². The molecule has 1 aliphatic heterocycles. The lowest BCUT2D eigenvalue weighted by molar-refractivity contribution is -0.0415. The van der Waals surface area contributed by atoms with Crippen LogP contribution in [0.25, 0.3) is 0 Å². The van der Waals surface area contributed by atoms with Gasteiger partial charge in [-0.05, 0) is 37.3 Å². The Morgan fingerprint density at radius 2 is 2.17 bits per heavy atom. The molecule has 4 heteroatoms. The minimum atomic E-state index is -0.203. The Hall–Kier alpha value is -1.00. The van der Waals surface area contributed by atoms with Crippen molar-refractivity contribution in [2.45, 2.75) is 45.3 Å². The number of rotatable bonds is 4. The van der Waals surface area contributed by atoms with Crippen molar-refractivity contribution in [2.24, 2.45) is 0 Å². The first-order chi connectivity index (χ1) is 8.70. The van der Waals surface area contributed by atoms with Crippen molar-refractivity contribution < 1.29 is 9.13 Å². The summed E-state index contributed by atoms with van der Waals surface area (Å²) in [4.78, 5) is 3.85. The van der Waals surface area contributed by atoms with Gasteiger partial charge in [-0.3, -0.25) is 4.98 Å². The maximum Gasteiger partial charge on any atom is 0.144 e. The average Bonchev–Trinajstić information content (AvgIpc) is 2.38. The largest absolute Gasteiger partial charge is 0.372 e. The number of hydrogen-bond donors (Lipinski definition) is 1. The summed E-state index contributed by atoms with van der Waals surface area (Å²) in [5.74, 6) is -0.203. The van der Waals surface area contributed by atoms with Crippen LogP contribution in [0.3, 0.4) is 0 Å². The van der Waals surface area contributed by atoms with E-state index >= 15 is 0 Å². The van der Waals surface area contributed by atoms with Crippen molar-refractivity contribution in [2.75, 3.05) is 13.1 Å². The monoisotopic (exact) mass is 252 g/mol. The highest BCUT2D eigenvalue weighted by Gasteiger charge is 2.21. The fourth-order valence-electron chi connectivity index (χ4n) is 2.36. The van der Waals surface area contributed by atoms with Gasteiger partial charge in [0, 0.05) is 19.3 Å². The average molecular weight is 252 g/mol. The quantitative estimate of drug-likeness (QED) is 0.892. The molecule has 0 aromatic carbocycles. The van der Waals surface area contributed by atoms with Gasteiger partial charge in [0.1, 0.15) is 5.82 Å². The van der Waals surface area contributed by atoms with Gasteiger partial charge in [0.05, 0.1) is 18.4 Å². The molecule has 3 nitrogen and oxygen atoms in total. The van der Waals surface area contributed by atoms with E-state index in [2.05, 4.69) is 17.2 Å². The van der Waals surface area contributed by atoms with Crippen molar-refractivity contribution in [3.8, 4) is 0 Å². The first-order valence-electron chi connectivity index (χ1n) is 6.65. The smallest absolute Gasteiger partial charge is 0.144 e. The molecule has 2 rings (SSSR count). The first kappa shape index (κ1) is 13.4. The Kier molecular flexibility index (Phi) is 4.66. The van der Waals surface area contributed by atoms with E-state index in [1.54, 1.807) is 6.20 Å². The van der Waals surface area contributed by atoms with E-state index in [-0.39, 0.29) is 11.9 Å². The van der Waals surface area contributed by atoms with Crippen molar-refractivity contribution in [1.29, 1.82) is 0 Å². The predicted molar refractivity (Wildman–Crippen MR) is 69.1 cm³/mol. The van der Waals surface area contributed by atoms with Crippen LogP contribution in [-0.4, -0.2) is 30.3 Å². The Bertz CT molecular complexity index is 377. The minimum Gasteiger partial charge on any atom is -0.372 e. The van der Waals surface area contributed by atoms with Gasteiger partial charge >= 0.3 is 0 Å². The Morgan fingerprint density at radius 1 is 1.39 bits per heavy atom. The summed E-state index contributed by atoms with van der Waals surface area (Å²) < 4.78 is 19.6. The van der Waals surface area contributed by atoms with E-state index in [0.29, 0.717) is 12.5 Å². The topological polar surface area (TPSA) is 34.2 Å². The summed E-state index contributed by atoms with van der Waals surface area (Å²) in [5, 5.41) is 3.37. The van der Waals surface area contributed by atoms with Crippen LogP contribution in [0.5, 0.6) is 0 Å². The van der Waals surface area contributed by atoms with Crippen LogP contribution in [0.1, 0.15) is 30.9 Å². The SMILES string of the molecule is CC[C@@H]1CNC[C@@H](CCc2c(C)cncc2F)O1. The molecular formula is C14H21FN2O. The van der Waals surface area contributed by atoms with Crippen molar-refractivity contribution in [3.05, 3.63) is 29.3 Å². The minimum absolute atomic E-state index is 0.190. The number of morpholine rings is 1. The molecule has 18 heavy (non-hydrogen) atoms. The summed E-state index contributed by atoms with van der Waals surface area (Å²) in [7, 11) is 0. The Balaban J connectivity index is 1.91. The number of aromatic nitrogens is 1. The van der Waals surface area contributed by atoms with Crippen LogP contribution < -0.4 is 5.32 Å². The van der Waals surface area contributed by atoms with Gasteiger partial charge in [0.2, 0.25) is 0 Å². The zero-order chi connectivity index (χ0) is 13.0. The molecule has 1 N–H and O–H groups in total. The number of nitrogens with one attached hydrogen (secondary N) is 1. The lowest BCUT2D eigenvalue weighted by atomic mass is 10.0. The van der Waals surface area contributed by atoms with Crippen molar-refractivity contribution in [3.63, 3.8) is 0 Å². The highest BCUT2D eigenvalue weighted by Crippen LogP contribution is 2.17. The second-order valence-corrected chi connectivity index (χ2v) is 4.90. The van der Waals surface area contributed by atoms with E-state index in [1.165, 1.54) is 6.20 Å². The maximum absolute atomic E-state index is 13.6. The molecule has 0 bridgehead atoms. The molecule has 1 aromatic rings. The Labute approximate surface area is 108 Å². The molecular weight excluding hydrogens is 231 g/mol. The van der Waals surface area contributed by atoms with E-state index in [9.17, 15) is 4.39 Å². The second-order valence-electron chi connectivity index (χ2n) is 4.90. The van der Waals surface area contributed by atoms with Gasteiger partial charge < -0.3 is 10.1 Å². The highest BCUT2D eigenvalue weighted by molar-refractivity contribution is 5.23. The third-order valence-electron chi connectivity index (χ3n) is 3.52. The van der Waals surface area contributed by atoms with Crippen LogP contribution in [-0.2, 0) is 11.2 Å². The molecule has 0 unspecified atom stereocenters. The molecule has 0 radical (unpaired) electrons. The molecule has 100 valence electrons. The van der Waals surface area contributed by atoms with Gasteiger partial charge in [0.25, 0.3) is 0 Å². The molecule has 0 amide bonds. The summed E-state index contributed by atoms with van der Waals surface area (Å²) in [5.41, 5.74) is 1.69. The second kappa shape index (κ2) is 6.25. The molecule has 1 saturated heterocycles. The van der Waals surface area contributed by atoms with Gasteiger partial charge in [-0.15, -0.1) is 0 Å². The predicted octanol–water partition coefficient (Wildman–Crippen LogP) is 2.23. The highest BCUT2D eigenvalue weighted by atomic mass is 19.1. The molecule has 0 spiro atoms. The number of nitrogens with zero attached hydrogens (tertiary/aromatic N) is 1. The van der Waals surface area contributed by atoms with Gasteiger partial charge in [0.15, 0.2) is 0 Å². The maximum atomic E-state index is 13.6. The summed E-state index contributed by atoms with van der Waals surface area (Å²) in [6.07, 6.45) is 6.08. The molecule has 2 heterocycles. The third-order valence-corrected chi connectivity index (χ3v) is 3.52. The Morgan fingerprint density at radius 3 is 2.89 bits per heavy atom. The van der Waals surface area contributed by atoms with Gasteiger partial charge in [-0.1, -0.05) is 6.92 Å². The van der Waals surface area contributed by atoms with Crippen molar-refractivity contribution >= 4 is 0 Å². The van der Waals surface area contributed by atoms with Gasteiger partial charge in [-0.25, -0.2) is 4.39 Å². The summed E-state index contributed by atoms with van der Waals surface area (Å²) in [6.45, 7) is 5.82. The van der Waals surface area contributed by atoms with E-state index < -0.39 is 0 Å². The van der Waals surface area contributed by atoms with E-state index in [4.69, 9.17) is 4.74 Å². The summed E-state index contributed by atoms with van der Waals surface area (Å²) in [6, 6.07) is 0. The van der Waals surface area contributed by atoms with Gasteiger partial charge in [-0.2, -0.15) is 0 Å². The lowest BCUT2D eigenvalue weighted by Crippen LogP contribution is -2.44. The van der Waals surface area contributed by atoms with Crippen LogP contribution >= 0.6 is 0 Å². The van der Waals surface area contributed by atoms with Crippen LogP contribution in [0.4, 0.5) is 4.39 Å². The lowest BCUT2D eigenvalue weighted by Gasteiger charge is -2.30. The molecule has 1 aliphatic rings. The fraction of sp³-hybridized carbons (Fsp3) is 0.643. The zero-order valence-electron chi connectivity index (χ0n) is 11.1. The zero-order valence-corrected chi connectivity index (χ0v) is 11.1. The van der Waals surface area contributed by atoms with Crippen LogP contribution in [0.2, 0.25) is 0 Å². The van der Waals surface area contributed by atoms with E-state index in [1.807, 2.05) is 6.92 Å². The third kappa shape index (κ3) is 3.27. The molecule has 2 atom stereocenters. The number of halogens is 1.